The monoisotopic (exact) mass is 441 g/mol. The number of pyridine rings is 1. The van der Waals surface area contributed by atoms with Crippen molar-refractivity contribution in [3.63, 3.8) is 0 Å². The third-order valence-corrected chi connectivity index (χ3v) is 7.35. The molecular weight excluding hydrogens is 421 g/mol. The fraction of sp³-hybridized carbons (Fsp3) is 0.500. The van der Waals surface area contributed by atoms with Gasteiger partial charge >= 0.3 is 0 Å². The minimum atomic E-state index is -0.189. The number of aliphatic hydroxyl groups excluding tert-OH is 1. The van der Waals surface area contributed by atoms with Crippen molar-refractivity contribution >= 4 is 40.8 Å². The summed E-state index contributed by atoms with van der Waals surface area (Å²) in [5, 5.41) is 11.1. The highest BCUT2D eigenvalue weighted by Crippen LogP contribution is 2.40. The molecule has 0 aliphatic carbocycles. The summed E-state index contributed by atoms with van der Waals surface area (Å²) in [5.74, 6) is 0.716. The predicted molar refractivity (Wildman–Crippen MR) is 109 cm³/mol. The summed E-state index contributed by atoms with van der Waals surface area (Å²) >= 11 is 13.5. The summed E-state index contributed by atoms with van der Waals surface area (Å²) in [6.07, 6.45) is 5.18. The maximum absolute atomic E-state index is 9.85. The van der Waals surface area contributed by atoms with Crippen molar-refractivity contribution < 1.29 is 9.84 Å². The van der Waals surface area contributed by atoms with Crippen molar-refractivity contribution in [3.05, 3.63) is 34.3 Å². The minimum Gasteiger partial charge on any atom is -0.390 e. The summed E-state index contributed by atoms with van der Waals surface area (Å²) in [5.41, 5.74) is 6.87. The molecule has 1 atom stereocenters. The van der Waals surface area contributed by atoms with Crippen LogP contribution in [0.5, 0.6) is 0 Å². The molecule has 7 nitrogen and oxygen atoms in total. The normalized spacial score (nSPS) is 21.4. The van der Waals surface area contributed by atoms with Crippen LogP contribution in [-0.2, 0) is 11.3 Å². The Hall–Kier alpha value is -1.16. The molecule has 3 N–H and O–H groups in total. The SMILES string of the molecule is N[C@@H]1COCC12CCN(c1ncc(Sc3ccnc(Cl)c3Cl)nc1CO)CC2. The van der Waals surface area contributed by atoms with Crippen LogP contribution in [0.2, 0.25) is 10.2 Å². The molecule has 2 fully saturated rings. The lowest BCUT2D eigenvalue weighted by Gasteiger charge is -2.41. The van der Waals surface area contributed by atoms with Gasteiger partial charge in [-0.15, -0.1) is 0 Å². The Labute approximate surface area is 177 Å². The van der Waals surface area contributed by atoms with Gasteiger partial charge in [-0.25, -0.2) is 15.0 Å². The van der Waals surface area contributed by atoms with Crippen LogP contribution in [0, 0.1) is 5.41 Å². The first-order chi connectivity index (χ1) is 13.5. The first-order valence-corrected chi connectivity index (χ1v) is 10.6. The number of halogens is 2. The standard InChI is InChI=1S/C18H21Cl2N5O2S/c19-15-12(1-4-22-16(15)20)28-14-7-23-17(11(8-26)24-14)25-5-2-18(3-6-25)10-27-9-13(18)21/h1,4,7,13,26H,2-3,5-6,8-10,21H2/t13-/m1/s1. The smallest absolute Gasteiger partial charge is 0.152 e. The van der Waals surface area contributed by atoms with E-state index in [0.717, 1.165) is 37.4 Å². The lowest BCUT2D eigenvalue weighted by molar-refractivity contribution is 0.131. The van der Waals surface area contributed by atoms with Gasteiger partial charge in [0.1, 0.15) is 15.9 Å². The first kappa shape index (κ1) is 20.1. The molecule has 2 aliphatic heterocycles. The molecule has 0 radical (unpaired) electrons. The zero-order valence-corrected chi connectivity index (χ0v) is 17.5. The number of hydrogen-bond donors (Lipinski definition) is 2. The molecule has 2 saturated heterocycles. The Morgan fingerprint density at radius 2 is 2.11 bits per heavy atom. The maximum atomic E-state index is 9.85. The van der Waals surface area contributed by atoms with Crippen molar-refractivity contribution in [1.82, 2.24) is 15.0 Å². The molecule has 0 aromatic carbocycles. The second kappa shape index (κ2) is 8.30. The van der Waals surface area contributed by atoms with Crippen molar-refractivity contribution in [1.29, 1.82) is 0 Å². The number of rotatable bonds is 4. The molecule has 2 aromatic rings. The fourth-order valence-corrected chi connectivity index (χ4v) is 5.01. The van der Waals surface area contributed by atoms with Crippen LogP contribution in [0.4, 0.5) is 5.82 Å². The van der Waals surface area contributed by atoms with Gasteiger partial charge in [-0.2, -0.15) is 0 Å². The Morgan fingerprint density at radius 3 is 2.79 bits per heavy atom. The van der Waals surface area contributed by atoms with Gasteiger partial charge in [0.25, 0.3) is 0 Å². The van der Waals surface area contributed by atoms with E-state index in [2.05, 4.69) is 19.9 Å². The number of nitrogens with two attached hydrogens (primary N) is 1. The Balaban J connectivity index is 1.51. The number of aromatic nitrogens is 3. The average Bonchev–Trinajstić information content (AvgIpc) is 3.06. The van der Waals surface area contributed by atoms with Gasteiger partial charge in [-0.1, -0.05) is 35.0 Å². The van der Waals surface area contributed by atoms with Gasteiger partial charge < -0.3 is 20.5 Å². The van der Waals surface area contributed by atoms with E-state index in [1.54, 1.807) is 18.5 Å². The molecule has 4 heterocycles. The van der Waals surface area contributed by atoms with Crippen molar-refractivity contribution in [3.8, 4) is 0 Å². The predicted octanol–water partition coefficient (Wildman–Crippen LogP) is 2.77. The Kier molecular flexibility index (Phi) is 5.96. The lowest BCUT2D eigenvalue weighted by atomic mass is 9.75. The van der Waals surface area contributed by atoms with Crippen LogP contribution in [0.1, 0.15) is 18.5 Å². The van der Waals surface area contributed by atoms with E-state index in [4.69, 9.17) is 33.7 Å². The second-order valence-corrected chi connectivity index (χ2v) is 8.92. The molecule has 2 aromatic heterocycles. The molecule has 1 spiro atoms. The molecule has 0 saturated carbocycles. The maximum Gasteiger partial charge on any atom is 0.152 e. The molecule has 0 bridgehead atoms. The van der Waals surface area contributed by atoms with E-state index < -0.39 is 0 Å². The highest BCUT2D eigenvalue weighted by atomic mass is 35.5. The first-order valence-electron chi connectivity index (χ1n) is 9.05. The number of ether oxygens (including phenoxy) is 1. The van der Waals surface area contributed by atoms with Gasteiger partial charge in [0.2, 0.25) is 0 Å². The Bertz CT molecular complexity index is 864. The average molecular weight is 442 g/mol. The van der Waals surface area contributed by atoms with Gasteiger partial charge in [-0.3, -0.25) is 0 Å². The van der Waals surface area contributed by atoms with E-state index in [0.29, 0.717) is 28.2 Å². The summed E-state index contributed by atoms with van der Waals surface area (Å²) in [6.45, 7) is 2.81. The van der Waals surface area contributed by atoms with Crippen molar-refractivity contribution in [2.75, 3.05) is 31.2 Å². The van der Waals surface area contributed by atoms with Crippen LogP contribution >= 0.6 is 35.0 Å². The van der Waals surface area contributed by atoms with Crippen LogP contribution < -0.4 is 10.6 Å². The molecular formula is C18H21Cl2N5O2S. The van der Waals surface area contributed by atoms with Gasteiger partial charge in [0, 0.05) is 35.6 Å². The van der Waals surface area contributed by atoms with Gasteiger partial charge in [0.15, 0.2) is 5.82 Å². The summed E-state index contributed by atoms with van der Waals surface area (Å²) in [7, 11) is 0. The number of aliphatic hydroxyl groups is 1. The van der Waals surface area contributed by atoms with Gasteiger partial charge in [-0.05, 0) is 18.9 Å². The molecule has 0 unspecified atom stereocenters. The zero-order chi connectivity index (χ0) is 19.7. The topological polar surface area (TPSA) is 97.4 Å². The van der Waals surface area contributed by atoms with Crippen LogP contribution in [0.15, 0.2) is 28.4 Å². The van der Waals surface area contributed by atoms with Crippen LogP contribution in [0.25, 0.3) is 0 Å². The molecule has 0 amide bonds. The van der Waals surface area contributed by atoms with Gasteiger partial charge in [0.05, 0.1) is 31.0 Å². The zero-order valence-electron chi connectivity index (χ0n) is 15.1. The van der Waals surface area contributed by atoms with Crippen molar-refractivity contribution in [2.24, 2.45) is 11.1 Å². The number of piperidine rings is 1. The van der Waals surface area contributed by atoms with Crippen LogP contribution in [0.3, 0.4) is 0 Å². The third-order valence-electron chi connectivity index (χ3n) is 5.51. The van der Waals surface area contributed by atoms with E-state index in [9.17, 15) is 5.11 Å². The summed E-state index contributed by atoms with van der Waals surface area (Å²) in [6, 6.07) is 1.86. The van der Waals surface area contributed by atoms with E-state index in [1.165, 1.54) is 11.8 Å². The van der Waals surface area contributed by atoms with Crippen LogP contribution in [-0.4, -0.2) is 52.4 Å². The largest absolute Gasteiger partial charge is 0.390 e. The van der Waals surface area contributed by atoms with Crippen molar-refractivity contribution in [2.45, 2.75) is 35.4 Å². The molecule has 10 heteroatoms. The summed E-state index contributed by atoms with van der Waals surface area (Å²) < 4.78 is 5.59. The molecule has 150 valence electrons. The Morgan fingerprint density at radius 1 is 1.32 bits per heavy atom. The lowest BCUT2D eigenvalue weighted by Crippen LogP contribution is -2.49. The van der Waals surface area contributed by atoms with E-state index >= 15 is 0 Å². The second-order valence-electron chi connectivity index (χ2n) is 7.12. The number of nitrogens with zero attached hydrogens (tertiary/aromatic N) is 4. The summed E-state index contributed by atoms with van der Waals surface area (Å²) in [4.78, 5) is 16.0. The molecule has 4 rings (SSSR count). The van der Waals surface area contributed by atoms with E-state index in [1.807, 2.05) is 0 Å². The highest BCUT2D eigenvalue weighted by molar-refractivity contribution is 7.99. The number of hydrogen-bond acceptors (Lipinski definition) is 8. The third kappa shape index (κ3) is 3.81. The quantitative estimate of drug-likeness (QED) is 0.698. The molecule has 28 heavy (non-hydrogen) atoms. The van der Waals surface area contributed by atoms with E-state index in [-0.39, 0.29) is 23.2 Å². The fourth-order valence-electron chi connectivity index (χ4n) is 3.77. The number of anilines is 1. The minimum absolute atomic E-state index is 0.0659. The highest BCUT2D eigenvalue weighted by Gasteiger charge is 2.44. The molecule has 2 aliphatic rings.